The van der Waals surface area contributed by atoms with Gasteiger partial charge >= 0.3 is 6.30 Å². The van der Waals surface area contributed by atoms with Crippen molar-refractivity contribution in [1.29, 1.82) is 0 Å². The van der Waals surface area contributed by atoms with Gasteiger partial charge in [0.1, 0.15) is 11.2 Å². The van der Waals surface area contributed by atoms with Crippen LogP contribution < -0.4 is 5.32 Å². The Hall–Kier alpha value is -5.18. The first-order chi connectivity index (χ1) is 20.7. The van der Waals surface area contributed by atoms with Crippen molar-refractivity contribution < 1.29 is 27.2 Å². The van der Waals surface area contributed by atoms with Crippen molar-refractivity contribution in [1.82, 2.24) is 40.0 Å². The van der Waals surface area contributed by atoms with Crippen LogP contribution in [-0.2, 0) is 11.1 Å². The van der Waals surface area contributed by atoms with Crippen LogP contribution in [0.1, 0.15) is 34.8 Å². The van der Waals surface area contributed by atoms with Gasteiger partial charge in [-0.05, 0) is 41.1 Å². The van der Waals surface area contributed by atoms with E-state index in [0.717, 1.165) is 0 Å². The Morgan fingerprint density at radius 2 is 1.77 bits per heavy atom. The maximum atomic E-state index is 13.4. The summed E-state index contributed by atoms with van der Waals surface area (Å²) in [5.41, 5.74) is 3.10. The molecule has 1 saturated heterocycles. The molecule has 0 spiro atoms. The Morgan fingerprint density at radius 3 is 2.47 bits per heavy atom. The number of alkyl halides is 3. The number of carbonyl (C=O) groups is 2. The van der Waals surface area contributed by atoms with Crippen molar-refractivity contribution in [2.24, 2.45) is 0 Å². The zero-order valence-electron chi connectivity index (χ0n) is 22.7. The minimum Gasteiger partial charge on any atom is -0.436 e. The molecular formula is C28H24F3N9O3. The third-order valence-corrected chi connectivity index (χ3v) is 6.92. The van der Waals surface area contributed by atoms with E-state index in [9.17, 15) is 22.8 Å². The van der Waals surface area contributed by atoms with Gasteiger partial charge in [-0.25, -0.2) is 4.98 Å². The zero-order chi connectivity index (χ0) is 30.1. The molecule has 0 radical (unpaired) electrons. The van der Waals surface area contributed by atoms with Crippen LogP contribution >= 0.6 is 0 Å². The summed E-state index contributed by atoms with van der Waals surface area (Å²) in [5.74, 6) is -0.299. The molecule has 5 aromatic rings. The fourth-order valence-corrected chi connectivity index (χ4v) is 4.96. The number of benzene rings is 2. The lowest BCUT2D eigenvalue weighted by Gasteiger charge is -2.38. The summed E-state index contributed by atoms with van der Waals surface area (Å²) in [6, 6.07) is 16.7. The topological polar surface area (TPSA) is 135 Å². The van der Waals surface area contributed by atoms with E-state index in [1.165, 1.54) is 13.1 Å². The lowest BCUT2D eigenvalue weighted by atomic mass is 10.0. The van der Waals surface area contributed by atoms with E-state index in [1.807, 2.05) is 11.0 Å². The van der Waals surface area contributed by atoms with Gasteiger partial charge in [-0.3, -0.25) is 19.5 Å². The minimum atomic E-state index is -4.79. The van der Waals surface area contributed by atoms with Crippen molar-refractivity contribution >= 4 is 28.6 Å². The molecule has 1 atom stereocenters. The third-order valence-electron chi connectivity index (χ3n) is 6.92. The van der Waals surface area contributed by atoms with Gasteiger partial charge < -0.3 is 14.6 Å². The number of amides is 2. The lowest BCUT2D eigenvalue weighted by Crippen LogP contribution is -2.50. The van der Waals surface area contributed by atoms with Crippen LogP contribution in [0.2, 0.25) is 0 Å². The molecule has 12 nitrogen and oxygen atoms in total. The number of hydrogen-bond acceptors (Lipinski definition) is 9. The summed E-state index contributed by atoms with van der Waals surface area (Å²) in [4.78, 5) is 36.8. The fraction of sp³-hybridized carbons (Fsp3) is 0.250. The highest BCUT2D eigenvalue weighted by Gasteiger charge is 2.37. The molecule has 43 heavy (non-hydrogen) atoms. The standard InChI is InChI=1S/C28H24F3N9O3/c1-17(41)33-20-7-8-23-21(16-20)34-26(43-23)19-9-10-32-22(15-19)27(42)39-13-11-38(12-14-39)24(18-5-3-2-4-6-18)25-35-37-40(36-25)28(29,30)31/h2-10,15-16,24H,11-14H2,1H3,(H,33,41). The maximum Gasteiger partial charge on any atom is 0.522 e. The van der Waals surface area contributed by atoms with Gasteiger partial charge in [-0.1, -0.05) is 35.1 Å². The average Bonchev–Trinajstić information content (AvgIpc) is 3.66. The molecule has 220 valence electrons. The van der Waals surface area contributed by atoms with Crippen molar-refractivity contribution in [3.8, 4) is 11.5 Å². The SMILES string of the molecule is CC(=O)Nc1ccc2oc(-c3ccnc(C(=O)N4CCN(C(c5ccccc5)c5nnn(C(F)(F)F)n5)CC4)c3)nc2c1. The molecule has 1 fully saturated rings. The maximum absolute atomic E-state index is 13.4. The molecule has 2 amide bonds. The van der Waals surface area contributed by atoms with Crippen LogP contribution in [0, 0.1) is 0 Å². The summed E-state index contributed by atoms with van der Waals surface area (Å²) < 4.78 is 45.4. The molecule has 1 aliphatic rings. The first-order valence-electron chi connectivity index (χ1n) is 13.3. The fourth-order valence-electron chi connectivity index (χ4n) is 4.96. The minimum absolute atomic E-state index is 0.0831. The number of hydrogen-bond donors (Lipinski definition) is 1. The van der Waals surface area contributed by atoms with Crippen LogP contribution in [0.4, 0.5) is 18.9 Å². The molecule has 6 rings (SSSR count). The molecule has 1 aliphatic heterocycles. The molecule has 2 aromatic carbocycles. The Morgan fingerprint density at radius 1 is 1.00 bits per heavy atom. The summed E-state index contributed by atoms with van der Waals surface area (Å²) >= 11 is 0. The number of piperazine rings is 1. The van der Waals surface area contributed by atoms with Crippen LogP contribution in [0.15, 0.2) is 71.3 Å². The van der Waals surface area contributed by atoms with Crippen molar-refractivity contribution in [2.75, 3.05) is 31.5 Å². The van der Waals surface area contributed by atoms with E-state index >= 15 is 0 Å². The zero-order valence-corrected chi connectivity index (χ0v) is 22.7. The predicted molar refractivity (Wildman–Crippen MR) is 146 cm³/mol. The lowest BCUT2D eigenvalue weighted by molar-refractivity contribution is -0.222. The van der Waals surface area contributed by atoms with E-state index in [-0.39, 0.29) is 28.1 Å². The Bertz CT molecular complexity index is 1780. The molecule has 0 saturated carbocycles. The van der Waals surface area contributed by atoms with Crippen molar-refractivity contribution in [3.05, 3.63) is 83.9 Å². The summed E-state index contributed by atoms with van der Waals surface area (Å²) in [7, 11) is 0. The number of oxazole rings is 1. The molecular weight excluding hydrogens is 567 g/mol. The predicted octanol–water partition coefficient (Wildman–Crippen LogP) is 3.86. The second-order valence-corrected chi connectivity index (χ2v) is 9.86. The van der Waals surface area contributed by atoms with Gasteiger partial charge in [-0.15, -0.1) is 23.4 Å². The summed E-state index contributed by atoms with van der Waals surface area (Å²) in [5, 5.41) is 13.2. The van der Waals surface area contributed by atoms with Gasteiger partial charge in [0, 0.05) is 50.6 Å². The smallest absolute Gasteiger partial charge is 0.436 e. The van der Waals surface area contributed by atoms with E-state index in [4.69, 9.17) is 4.42 Å². The molecule has 3 aromatic heterocycles. The van der Waals surface area contributed by atoms with Crippen LogP contribution in [0.3, 0.4) is 0 Å². The molecule has 0 aliphatic carbocycles. The molecule has 1 unspecified atom stereocenters. The number of anilines is 1. The number of aromatic nitrogens is 6. The highest BCUT2D eigenvalue weighted by Crippen LogP contribution is 2.30. The summed E-state index contributed by atoms with van der Waals surface area (Å²) in [6.07, 6.45) is -3.29. The number of tetrazole rings is 1. The average molecular weight is 592 g/mol. The number of halogens is 3. The van der Waals surface area contributed by atoms with Crippen molar-refractivity contribution in [2.45, 2.75) is 19.3 Å². The molecule has 15 heteroatoms. The monoisotopic (exact) mass is 591 g/mol. The number of carbonyl (C=O) groups excluding carboxylic acids is 2. The van der Waals surface area contributed by atoms with E-state index in [0.29, 0.717) is 60.0 Å². The van der Waals surface area contributed by atoms with E-state index < -0.39 is 12.3 Å². The first-order valence-corrected chi connectivity index (χ1v) is 13.3. The molecule has 4 heterocycles. The Balaban J connectivity index is 1.18. The Labute approximate surface area is 242 Å². The first kappa shape index (κ1) is 28.0. The van der Waals surface area contributed by atoms with Gasteiger partial charge in [-0.2, -0.15) is 0 Å². The van der Waals surface area contributed by atoms with E-state index in [1.54, 1.807) is 59.5 Å². The van der Waals surface area contributed by atoms with Gasteiger partial charge in [0.2, 0.25) is 11.8 Å². The third kappa shape index (κ3) is 5.92. The summed E-state index contributed by atoms with van der Waals surface area (Å²) in [6.45, 7) is 2.73. The van der Waals surface area contributed by atoms with E-state index in [2.05, 4.69) is 30.7 Å². The number of rotatable bonds is 6. The van der Waals surface area contributed by atoms with Gasteiger partial charge in [0.25, 0.3) is 5.91 Å². The second-order valence-electron chi connectivity index (χ2n) is 9.86. The largest absolute Gasteiger partial charge is 0.522 e. The normalized spacial score (nSPS) is 15.0. The molecule has 0 bridgehead atoms. The number of nitrogens with zero attached hydrogens (tertiary/aromatic N) is 8. The highest BCUT2D eigenvalue weighted by atomic mass is 19.4. The highest BCUT2D eigenvalue weighted by molar-refractivity contribution is 5.94. The number of pyridine rings is 1. The van der Waals surface area contributed by atoms with Crippen LogP contribution in [0.25, 0.3) is 22.6 Å². The Kier molecular flexibility index (Phi) is 7.31. The van der Waals surface area contributed by atoms with Crippen LogP contribution in [0.5, 0.6) is 0 Å². The quantitative estimate of drug-likeness (QED) is 0.312. The van der Waals surface area contributed by atoms with Gasteiger partial charge in [0.05, 0.1) is 6.04 Å². The molecule has 1 N–H and O–H groups in total. The van der Waals surface area contributed by atoms with Crippen molar-refractivity contribution in [3.63, 3.8) is 0 Å². The number of fused-ring (bicyclic) bond motifs is 1. The van der Waals surface area contributed by atoms with Crippen LogP contribution in [-0.4, -0.2) is 78.0 Å². The number of nitrogens with one attached hydrogen (secondary N) is 1. The van der Waals surface area contributed by atoms with Gasteiger partial charge in [0.15, 0.2) is 11.4 Å². The second kappa shape index (κ2) is 11.2.